The van der Waals surface area contributed by atoms with Gasteiger partial charge in [-0.1, -0.05) is 6.07 Å². The smallest absolute Gasteiger partial charge is 0.231 e. The number of hydrogen-bond acceptors (Lipinski definition) is 7. The number of nitrogens with one attached hydrogen (secondary N) is 1. The van der Waals surface area contributed by atoms with Gasteiger partial charge >= 0.3 is 0 Å². The lowest BCUT2D eigenvalue weighted by Crippen LogP contribution is -2.44. The summed E-state index contributed by atoms with van der Waals surface area (Å²) < 4.78 is 27.7. The van der Waals surface area contributed by atoms with Crippen LogP contribution in [0.3, 0.4) is 0 Å². The van der Waals surface area contributed by atoms with Gasteiger partial charge in [-0.25, -0.2) is 4.98 Å². The van der Waals surface area contributed by atoms with Crippen LogP contribution < -0.4 is 19.5 Å². The van der Waals surface area contributed by atoms with E-state index in [1.165, 1.54) is 0 Å². The van der Waals surface area contributed by atoms with E-state index < -0.39 is 0 Å². The Balaban J connectivity index is 1.19. The van der Waals surface area contributed by atoms with E-state index in [1.807, 2.05) is 36.4 Å². The number of nitrogens with zero attached hydrogens (tertiary/aromatic N) is 1. The zero-order valence-electron chi connectivity index (χ0n) is 19.2. The summed E-state index contributed by atoms with van der Waals surface area (Å²) in [6, 6.07) is 13.6. The fourth-order valence-corrected chi connectivity index (χ4v) is 4.45. The van der Waals surface area contributed by atoms with Crippen LogP contribution in [0.15, 0.2) is 53.1 Å². The zero-order chi connectivity index (χ0) is 23.4. The van der Waals surface area contributed by atoms with Gasteiger partial charge in [0.1, 0.15) is 5.75 Å². The van der Waals surface area contributed by atoms with Gasteiger partial charge in [-0.3, -0.25) is 4.79 Å². The summed E-state index contributed by atoms with van der Waals surface area (Å²) in [4.78, 5) is 17.0. The largest absolute Gasteiger partial charge is 0.497 e. The molecule has 0 aliphatic carbocycles. The van der Waals surface area contributed by atoms with Gasteiger partial charge in [0.2, 0.25) is 12.7 Å². The third-order valence-electron chi connectivity index (χ3n) is 6.55. The average Bonchev–Trinajstić information content (AvgIpc) is 3.56. The monoisotopic (exact) mass is 464 g/mol. The molecule has 1 saturated heterocycles. The maximum Gasteiger partial charge on any atom is 0.231 e. The topological polar surface area (TPSA) is 92.1 Å². The molecule has 3 aromatic rings. The quantitative estimate of drug-likeness (QED) is 0.541. The average molecular weight is 465 g/mol. The molecule has 0 saturated carbocycles. The number of aryl methyl sites for hydroxylation is 1. The number of amides is 1. The van der Waals surface area contributed by atoms with Crippen molar-refractivity contribution < 1.29 is 28.2 Å². The first-order valence-corrected chi connectivity index (χ1v) is 11.5. The van der Waals surface area contributed by atoms with Crippen molar-refractivity contribution in [2.75, 3.05) is 33.7 Å². The van der Waals surface area contributed by atoms with Crippen LogP contribution in [-0.4, -0.2) is 44.6 Å². The molecular weight excluding hydrogens is 436 g/mol. The molecule has 8 nitrogen and oxygen atoms in total. The number of hydrogen-bond donors (Lipinski definition) is 1. The number of benzene rings is 2. The highest BCUT2D eigenvalue weighted by atomic mass is 16.7. The van der Waals surface area contributed by atoms with Crippen molar-refractivity contribution in [3.63, 3.8) is 0 Å². The minimum Gasteiger partial charge on any atom is -0.497 e. The van der Waals surface area contributed by atoms with Crippen LogP contribution in [0.4, 0.5) is 0 Å². The van der Waals surface area contributed by atoms with Gasteiger partial charge in [-0.15, -0.1) is 0 Å². The number of ether oxygens (including phenoxy) is 4. The Kier molecular flexibility index (Phi) is 6.40. The maximum atomic E-state index is 12.7. The van der Waals surface area contributed by atoms with Crippen molar-refractivity contribution in [2.24, 2.45) is 0 Å². The summed E-state index contributed by atoms with van der Waals surface area (Å²) in [6.07, 6.45) is 4.08. The lowest BCUT2D eigenvalue weighted by molar-refractivity contribution is -0.121. The van der Waals surface area contributed by atoms with Gasteiger partial charge in [-0.2, -0.15) is 0 Å². The molecule has 1 amide bonds. The molecule has 1 N–H and O–H groups in total. The van der Waals surface area contributed by atoms with E-state index in [1.54, 1.807) is 13.3 Å². The molecule has 0 bridgehead atoms. The number of carbonyl (C=O) groups is 1. The number of methoxy groups -OCH3 is 1. The molecule has 1 aromatic heterocycles. The summed E-state index contributed by atoms with van der Waals surface area (Å²) in [5, 5.41) is 3.13. The van der Waals surface area contributed by atoms with Crippen molar-refractivity contribution >= 4 is 5.91 Å². The highest BCUT2D eigenvalue weighted by Gasteiger charge is 2.36. The Morgan fingerprint density at radius 3 is 2.68 bits per heavy atom. The highest BCUT2D eigenvalue weighted by Crippen LogP contribution is 2.40. The van der Waals surface area contributed by atoms with Crippen LogP contribution >= 0.6 is 0 Å². The van der Waals surface area contributed by atoms with Crippen molar-refractivity contribution in [3.05, 3.63) is 60.1 Å². The molecule has 2 aliphatic heterocycles. The number of oxazole rings is 1. The third-order valence-corrected chi connectivity index (χ3v) is 6.55. The standard InChI is InChI=1S/C26H28N2O6/c1-30-20-5-2-18(3-6-20)23-15-27-25(34-23)9-8-24(29)28-16-26(10-12-31-13-11-26)19-4-7-21-22(14-19)33-17-32-21/h2-7,14-15H,8-13,16-17H2,1H3,(H,28,29). The molecule has 1 fully saturated rings. The molecule has 0 radical (unpaired) electrons. The van der Waals surface area contributed by atoms with Gasteiger partial charge in [-0.05, 0) is 54.8 Å². The normalized spacial score (nSPS) is 16.3. The molecule has 2 aliphatic rings. The van der Waals surface area contributed by atoms with Gasteiger partial charge in [0.05, 0.1) is 13.3 Å². The molecule has 178 valence electrons. The fraction of sp³-hybridized carbons (Fsp3) is 0.385. The number of aromatic nitrogens is 1. The summed E-state index contributed by atoms with van der Waals surface area (Å²) >= 11 is 0. The lowest BCUT2D eigenvalue weighted by Gasteiger charge is -2.38. The Hall–Kier alpha value is -3.52. The van der Waals surface area contributed by atoms with Crippen LogP contribution in [0.1, 0.15) is 30.7 Å². The highest BCUT2D eigenvalue weighted by molar-refractivity contribution is 5.76. The van der Waals surface area contributed by atoms with Crippen LogP contribution in [0.2, 0.25) is 0 Å². The van der Waals surface area contributed by atoms with E-state index in [2.05, 4.69) is 16.4 Å². The minimum atomic E-state index is -0.195. The van der Waals surface area contributed by atoms with Crippen molar-refractivity contribution in [3.8, 4) is 28.6 Å². The molecule has 3 heterocycles. The van der Waals surface area contributed by atoms with Crippen molar-refractivity contribution in [1.82, 2.24) is 10.3 Å². The summed E-state index contributed by atoms with van der Waals surface area (Å²) in [5.74, 6) is 3.47. The fourth-order valence-electron chi connectivity index (χ4n) is 4.45. The second-order valence-corrected chi connectivity index (χ2v) is 8.58. The minimum absolute atomic E-state index is 0.0317. The Morgan fingerprint density at radius 1 is 1.09 bits per heavy atom. The summed E-state index contributed by atoms with van der Waals surface area (Å²) in [5.41, 5.74) is 1.85. The van der Waals surface area contributed by atoms with E-state index in [4.69, 9.17) is 23.4 Å². The third kappa shape index (κ3) is 4.72. The first kappa shape index (κ1) is 22.3. The van der Waals surface area contributed by atoms with Gasteiger partial charge in [0.15, 0.2) is 23.1 Å². The number of rotatable bonds is 8. The molecular formula is C26H28N2O6. The first-order chi connectivity index (χ1) is 16.6. The summed E-state index contributed by atoms with van der Waals surface area (Å²) in [7, 11) is 1.63. The molecule has 34 heavy (non-hydrogen) atoms. The zero-order valence-corrected chi connectivity index (χ0v) is 19.2. The van der Waals surface area contributed by atoms with Gasteiger partial charge in [0, 0.05) is 43.6 Å². The Morgan fingerprint density at radius 2 is 1.88 bits per heavy atom. The maximum absolute atomic E-state index is 12.7. The van der Waals surface area contributed by atoms with Gasteiger partial charge < -0.3 is 28.7 Å². The van der Waals surface area contributed by atoms with Crippen molar-refractivity contribution in [1.29, 1.82) is 0 Å². The van der Waals surface area contributed by atoms with Crippen LogP contribution in [0.25, 0.3) is 11.3 Å². The predicted molar refractivity (Wildman–Crippen MR) is 124 cm³/mol. The second-order valence-electron chi connectivity index (χ2n) is 8.58. The predicted octanol–water partition coefficient (Wildman–Crippen LogP) is 3.88. The van der Waals surface area contributed by atoms with Crippen molar-refractivity contribution in [2.45, 2.75) is 31.1 Å². The molecule has 0 atom stereocenters. The molecule has 8 heteroatoms. The van der Waals surface area contributed by atoms with Gasteiger partial charge in [0.25, 0.3) is 0 Å². The Labute approximate surface area is 198 Å². The lowest BCUT2D eigenvalue weighted by atomic mass is 9.74. The van der Waals surface area contributed by atoms with E-state index in [0.717, 1.165) is 41.2 Å². The van der Waals surface area contributed by atoms with E-state index in [-0.39, 0.29) is 18.1 Å². The molecule has 0 unspecified atom stereocenters. The summed E-state index contributed by atoms with van der Waals surface area (Å²) in [6.45, 7) is 2.10. The molecule has 2 aromatic carbocycles. The van der Waals surface area contributed by atoms with E-state index in [0.29, 0.717) is 44.3 Å². The first-order valence-electron chi connectivity index (χ1n) is 11.5. The van der Waals surface area contributed by atoms with E-state index >= 15 is 0 Å². The molecule has 0 spiro atoms. The van der Waals surface area contributed by atoms with Crippen LogP contribution in [0, 0.1) is 0 Å². The Bertz CT molecular complexity index is 1130. The number of carbonyl (C=O) groups excluding carboxylic acids is 1. The second kappa shape index (κ2) is 9.77. The molecule has 5 rings (SSSR count). The van der Waals surface area contributed by atoms with Crippen LogP contribution in [0.5, 0.6) is 17.2 Å². The van der Waals surface area contributed by atoms with Crippen LogP contribution in [-0.2, 0) is 21.4 Å². The SMILES string of the molecule is COc1ccc(-c2cnc(CCC(=O)NCC3(c4ccc5c(c4)OCO5)CCOCC3)o2)cc1. The number of fused-ring (bicyclic) bond motifs is 1. The van der Waals surface area contributed by atoms with E-state index in [9.17, 15) is 4.79 Å².